The molecule has 3 heterocycles. The lowest BCUT2D eigenvalue weighted by atomic mass is 10.1. The number of amides is 1. The van der Waals surface area contributed by atoms with E-state index in [2.05, 4.69) is 25.6 Å². The SMILES string of the molecule is COCCNC(=O)c1ccc(Nc2cc(-c3c(F)cccc3F)nc3c[nH]c(O)c23)nc1. The van der Waals surface area contributed by atoms with Crippen LogP contribution in [0, 0.1) is 11.6 Å². The van der Waals surface area contributed by atoms with Gasteiger partial charge in [0.1, 0.15) is 17.5 Å². The monoisotopic (exact) mass is 439 g/mol. The smallest absolute Gasteiger partial charge is 0.252 e. The molecule has 0 radical (unpaired) electrons. The van der Waals surface area contributed by atoms with Gasteiger partial charge in [-0.15, -0.1) is 0 Å². The maximum absolute atomic E-state index is 14.3. The van der Waals surface area contributed by atoms with Gasteiger partial charge in [0.25, 0.3) is 5.91 Å². The summed E-state index contributed by atoms with van der Waals surface area (Å²) in [5.41, 5.74) is 0.749. The number of ether oxygens (including phenoxy) is 1. The normalized spacial score (nSPS) is 11.0. The molecule has 4 rings (SSSR count). The summed E-state index contributed by atoms with van der Waals surface area (Å²) in [6, 6.07) is 8.12. The third-order valence-corrected chi connectivity index (χ3v) is 4.73. The molecule has 3 aromatic heterocycles. The van der Waals surface area contributed by atoms with Crippen LogP contribution in [-0.2, 0) is 4.74 Å². The van der Waals surface area contributed by atoms with E-state index < -0.39 is 11.6 Å². The van der Waals surface area contributed by atoms with Gasteiger partial charge in [0.15, 0.2) is 5.88 Å². The van der Waals surface area contributed by atoms with Crippen LogP contribution in [0.5, 0.6) is 5.88 Å². The van der Waals surface area contributed by atoms with Crippen LogP contribution in [0.4, 0.5) is 20.3 Å². The molecule has 4 N–H and O–H groups in total. The molecule has 164 valence electrons. The average molecular weight is 439 g/mol. The molecule has 8 nitrogen and oxygen atoms in total. The summed E-state index contributed by atoms with van der Waals surface area (Å²) in [6.45, 7) is 0.758. The van der Waals surface area contributed by atoms with Gasteiger partial charge in [-0.3, -0.25) is 4.79 Å². The number of fused-ring (bicyclic) bond motifs is 1. The van der Waals surface area contributed by atoms with Crippen molar-refractivity contribution in [1.29, 1.82) is 0 Å². The van der Waals surface area contributed by atoms with Crippen molar-refractivity contribution in [2.75, 3.05) is 25.6 Å². The first-order valence-corrected chi connectivity index (χ1v) is 9.63. The zero-order valence-corrected chi connectivity index (χ0v) is 16.9. The van der Waals surface area contributed by atoms with Crippen molar-refractivity contribution in [3.63, 3.8) is 0 Å². The highest BCUT2D eigenvalue weighted by Gasteiger charge is 2.18. The number of aromatic hydroxyl groups is 1. The number of aromatic amines is 1. The van der Waals surface area contributed by atoms with E-state index in [4.69, 9.17) is 4.74 Å². The number of H-pyrrole nitrogens is 1. The van der Waals surface area contributed by atoms with E-state index in [1.165, 1.54) is 24.5 Å². The fourth-order valence-corrected chi connectivity index (χ4v) is 3.20. The first kappa shape index (κ1) is 21.2. The zero-order valence-electron chi connectivity index (χ0n) is 16.9. The van der Waals surface area contributed by atoms with Crippen molar-refractivity contribution in [2.45, 2.75) is 0 Å². The molecular formula is C22H19F2N5O3. The number of benzene rings is 1. The molecule has 0 spiro atoms. The second-order valence-electron chi connectivity index (χ2n) is 6.86. The number of nitrogens with zero attached hydrogens (tertiary/aromatic N) is 2. The van der Waals surface area contributed by atoms with Crippen LogP contribution in [0.15, 0.2) is 48.8 Å². The maximum atomic E-state index is 14.3. The van der Waals surface area contributed by atoms with Crippen LogP contribution >= 0.6 is 0 Å². The Labute approximate surface area is 181 Å². The average Bonchev–Trinajstić information content (AvgIpc) is 3.15. The van der Waals surface area contributed by atoms with E-state index >= 15 is 0 Å². The molecule has 0 saturated heterocycles. The highest BCUT2D eigenvalue weighted by atomic mass is 19.1. The number of methoxy groups -OCH3 is 1. The summed E-state index contributed by atoms with van der Waals surface area (Å²) >= 11 is 0. The number of rotatable bonds is 7. The Morgan fingerprint density at radius 3 is 2.69 bits per heavy atom. The van der Waals surface area contributed by atoms with Gasteiger partial charge in [-0.05, 0) is 30.3 Å². The highest BCUT2D eigenvalue weighted by Crippen LogP contribution is 2.36. The number of carbonyl (C=O) groups is 1. The van der Waals surface area contributed by atoms with Gasteiger partial charge in [0.2, 0.25) is 0 Å². The molecule has 0 saturated carbocycles. The predicted octanol–water partition coefficient (Wildman–Crippen LogP) is 3.73. The van der Waals surface area contributed by atoms with Gasteiger partial charge in [0, 0.05) is 26.0 Å². The minimum Gasteiger partial charge on any atom is -0.494 e. The molecule has 0 bridgehead atoms. The summed E-state index contributed by atoms with van der Waals surface area (Å²) in [6.07, 6.45) is 2.82. The predicted molar refractivity (Wildman–Crippen MR) is 115 cm³/mol. The van der Waals surface area contributed by atoms with E-state index in [0.717, 1.165) is 12.1 Å². The molecule has 0 aliphatic carbocycles. The van der Waals surface area contributed by atoms with Crippen molar-refractivity contribution in [3.05, 3.63) is 66.0 Å². The summed E-state index contributed by atoms with van der Waals surface area (Å²) in [7, 11) is 1.54. The lowest BCUT2D eigenvalue weighted by Gasteiger charge is -2.11. The highest BCUT2D eigenvalue weighted by molar-refractivity contribution is 5.99. The van der Waals surface area contributed by atoms with Crippen molar-refractivity contribution >= 4 is 28.3 Å². The summed E-state index contributed by atoms with van der Waals surface area (Å²) in [5, 5.41) is 16.2. The van der Waals surface area contributed by atoms with Crippen LogP contribution in [0.1, 0.15) is 10.4 Å². The number of aromatic nitrogens is 3. The van der Waals surface area contributed by atoms with E-state index in [1.54, 1.807) is 19.2 Å². The number of hydrogen-bond donors (Lipinski definition) is 4. The fourth-order valence-electron chi connectivity index (χ4n) is 3.20. The summed E-state index contributed by atoms with van der Waals surface area (Å²) in [4.78, 5) is 23.2. The van der Waals surface area contributed by atoms with Gasteiger partial charge in [-0.25, -0.2) is 18.7 Å². The molecule has 0 fully saturated rings. The second-order valence-corrected chi connectivity index (χ2v) is 6.86. The first-order chi connectivity index (χ1) is 15.5. The lowest BCUT2D eigenvalue weighted by Crippen LogP contribution is -2.26. The minimum absolute atomic E-state index is 0.0451. The largest absolute Gasteiger partial charge is 0.494 e. The van der Waals surface area contributed by atoms with Crippen LogP contribution in [0.3, 0.4) is 0 Å². The minimum atomic E-state index is -0.760. The third-order valence-electron chi connectivity index (χ3n) is 4.73. The molecule has 0 atom stereocenters. The van der Waals surface area contributed by atoms with E-state index in [-0.39, 0.29) is 23.0 Å². The van der Waals surface area contributed by atoms with E-state index in [1.807, 2.05) is 0 Å². The Morgan fingerprint density at radius 1 is 1.22 bits per heavy atom. The van der Waals surface area contributed by atoms with Crippen LogP contribution in [0.2, 0.25) is 0 Å². The van der Waals surface area contributed by atoms with Crippen molar-refractivity contribution in [1.82, 2.24) is 20.3 Å². The van der Waals surface area contributed by atoms with E-state index in [0.29, 0.717) is 41.1 Å². The van der Waals surface area contributed by atoms with Crippen LogP contribution in [-0.4, -0.2) is 46.2 Å². The molecule has 1 aromatic carbocycles. The van der Waals surface area contributed by atoms with Gasteiger partial charge >= 0.3 is 0 Å². The molecule has 0 unspecified atom stereocenters. The Balaban J connectivity index is 1.67. The Morgan fingerprint density at radius 2 is 2.00 bits per heavy atom. The van der Waals surface area contributed by atoms with Gasteiger partial charge < -0.3 is 25.5 Å². The van der Waals surface area contributed by atoms with Crippen LogP contribution in [0.25, 0.3) is 22.2 Å². The molecule has 0 aliphatic heterocycles. The molecule has 4 aromatic rings. The van der Waals surface area contributed by atoms with E-state index in [9.17, 15) is 18.7 Å². The number of carbonyl (C=O) groups excluding carboxylic acids is 1. The number of anilines is 2. The topological polar surface area (TPSA) is 112 Å². The van der Waals surface area contributed by atoms with Crippen LogP contribution < -0.4 is 10.6 Å². The first-order valence-electron chi connectivity index (χ1n) is 9.63. The Bertz CT molecular complexity index is 1250. The maximum Gasteiger partial charge on any atom is 0.252 e. The summed E-state index contributed by atoms with van der Waals surface area (Å²) < 4.78 is 33.5. The zero-order chi connectivity index (χ0) is 22.7. The quantitative estimate of drug-likeness (QED) is 0.327. The number of pyridine rings is 2. The van der Waals surface area contributed by atoms with Gasteiger partial charge in [-0.2, -0.15) is 0 Å². The van der Waals surface area contributed by atoms with Gasteiger partial charge in [-0.1, -0.05) is 6.07 Å². The Kier molecular flexibility index (Phi) is 5.95. The fraction of sp³-hybridized carbons (Fsp3) is 0.136. The van der Waals surface area contributed by atoms with Crippen molar-refractivity contribution in [2.24, 2.45) is 0 Å². The molecular weight excluding hydrogens is 420 g/mol. The molecule has 1 amide bonds. The van der Waals surface area contributed by atoms with Gasteiger partial charge in [0.05, 0.1) is 40.0 Å². The van der Waals surface area contributed by atoms with Crippen molar-refractivity contribution < 1.29 is 23.4 Å². The third kappa shape index (κ3) is 4.21. The Hall–Kier alpha value is -4.05. The standard InChI is InChI=1S/C22H19F2N5O3/c1-32-8-7-25-21(30)12-5-6-18(26-10-12)29-16-9-15(19-13(23)3-2-4-14(19)24)28-17-11-27-22(31)20(16)17/h2-6,9-11,27,31H,7-8H2,1H3,(H,25,30)(H,26,29). The second kappa shape index (κ2) is 8.98. The number of hydrogen-bond acceptors (Lipinski definition) is 6. The molecule has 0 aliphatic rings. The summed E-state index contributed by atoms with van der Waals surface area (Å²) in [5.74, 6) is -1.63. The lowest BCUT2D eigenvalue weighted by molar-refractivity contribution is 0.0937. The molecule has 32 heavy (non-hydrogen) atoms. The number of nitrogens with one attached hydrogen (secondary N) is 3. The molecule has 10 heteroatoms. The number of halogens is 2. The van der Waals surface area contributed by atoms with Crippen molar-refractivity contribution in [3.8, 4) is 17.1 Å².